The molecule has 0 heterocycles. The summed E-state index contributed by atoms with van der Waals surface area (Å²) >= 11 is 0. The SMILES string of the molecule is CCCCCCCCCCCCC[C@@H](O)C[C@@H](O)CC(=O)OC. The molecule has 0 aliphatic rings. The van der Waals surface area contributed by atoms with E-state index in [1.165, 1.54) is 64.9 Å². The summed E-state index contributed by atoms with van der Waals surface area (Å²) in [6.45, 7) is 2.25. The molecule has 4 nitrogen and oxygen atoms in total. The highest BCUT2D eigenvalue weighted by Gasteiger charge is 2.15. The molecule has 0 saturated carbocycles. The van der Waals surface area contributed by atoms with Crippen LogP contribution < -0.4 is 0 Å². The van der Waals surface area contributed by atoms with Crippen LogP contribution in [0.1, 0.15) is 96.8 Å². The lowest BCUT2D eigenvalue weighted by molar-refractivity contribution is -0.143. The van der Waals surface area contributed by atoms with Gasteiger partial charge in [0.1, 0.15) is 0 Å². The van der Waals surface area contributed by atoms with Crippen molar-refractivity contribution < 1.29 is 19.7 Å². The first-order valence-corrected chi connectivity index (χ1v) is 9.53. The molecule has 0 amide bonds. The number of carbonyl (C=O) groups excluding carboxylic acids is 1. The zero-order chi connectivity index (χ0) is 17.3. The second kappa shape index (κ2) is 16.3. The van der Waals surface area contributed by atoms with Crippen LogP contribution in [0.5, 0.6) is 0 Å². The van der Waals surface area contributed by atoms with E-state index in [1.54, 1.807) is 0 Å². The van der Waals surface area contributed by atoms with Gasteiger partial charge in [-0.25, -0.2) is 0 Å². The molecular formula is C19H38O4. The molecule has 0 aliphatic carbocycles. The van der Waals surface area contributed by atoms with Gasteiger partial charge in [-0.3, -0.25) is 4.79 Å². The Hall–Kier alpha value is -0.610. The summed E-state index contributed by atoms with van der Waals surface area (Å²) in [5.74, 6) is -0.431. The van der Waals surface area contributed by atoms with Crippen LogP contribution >= 0.6 is 0 Å². The summed E-state index contributed by atoms with van der Waals surface area (Å²) in [6, 6.07) is 0. The second-order valence-electron chi connectivity index (χ2n) is 6.65. The summed E-state index contributed by atoms with van der Waals surface area (Å²) < 4.78 is 4.49. The normalized spacial score (nSPS) is 13.7. The van der Waals surface area contributed by atoms with E-state index >= 15 is 0 Å². The fourth-order valence-electron chi connectivity index (χ4n) is 2.84. The molecule has 23 heavy (non-hydrogen) atoms. The van der Waals surface area contributed by atoms with Gasteiger partial charge in [0.2, 0.25) is 0 Å². The number of esters is 1. The standard InChI is InChI=1S/C19H38O4/c1-3-4-5-6-7-8-9-10-11-12-13-14-17(20)15-18(21)16-19(22)23-2/h17-18,20-21H,3-16H2,1-2H3/t17-,18-/m1/s1. The Labute approximate surface area is 142 Å². The number of hydrogen-bond donors (Lipinski definition) is 2. The summed E-state index contributed by atoms with van der Waals surface area (Å²) in [5, 5.41) is 19.5. The minimum absolute atomic E-state index is 0.0359. The van der Waals surface area contributed by atoms with Crippen LogP contribution in [0.4, 0.5) is 0 Å². The van der Waals surface area contributed by atoms with E-state index < -0.39 is 18.2 Å². The van der Waals surface area contributed by atoms with Crippen LogP contribution in [0.25, 0.3) is 0 Å². The van der Waals surface area contributed by atoms with Crippen LogP contribution in [0.2, 0.25) is 0 Å². The van der Waals surface area contributed by atoms with Gasteiger partial charge < -0.3 is 14.9 Å². The van der Waals surface area contributed by atoms with Crippen molar-refractivity contribution in [2.75, 3.05) is 7.11 Å². The van der Waals surface area contributed by atoms with Crippen molar-refractivity contribution in [1.82, 2.24) is 0 Å². The number of hydrogen-bond acceptors (Lipinski definition) is 4. The van der Waals surface area contributed by atoms with E-state index in [2.05, 4.69) is 11.7 Å². The maximum Gasteiger partial charge on any atom is 0.308 e. The van der Waals surface area contributed by atoms with E-state index in [9.17, 15) is 15.0 Å². The van der Waals surface area contributed by atoms with Crippen molar-refractivity contribution in [3.05, 3.63) is 0 Å². The molecule has 0 rings (SSSR count). The van der Waals surface area contributed by atoms with Crippen molar-refractivity contribution in [2.24, 2.45) is 0 Å². The molecule has 0 spiro atoms. The predicted octanol–water partition coefficient (Wildman–Crippen LogP) is 4.36. The predicted molar refractivity (Wildman–Crippen MR) is 94.3 cm³/mol. The summed E-state index contributed by atoms with van der Waals surface area (Å²) in [4.78, 5) is 11.0. The van der Waals surface area contributed by atoms with Crippen molar-refractivity contribution in [3.63, 3.8) is 0 Å². The van der Waals surface area contributed by atoms with Gasteiger partial charge in [0.15, 0.2) is 0 Å². The van der Waals surface area contributed by atoms with Gasteiger partial charge in [0.05, 0.1) is 25.7 Å². The highest BCUT2D eigenvalue weighted by molar-refractivity contribution is 5.69. The first kappa shape index (κ1) is 22.4. The Bertz CT molecular complexity index is 268. The van der Waals surface area contributed by atoms with E-state index in [0.29, 0.717) is 6.42 Å². The van der Waals surface area contributed by atoms with E-state index in [4.69, 9.17) is 0 Å². The van der Waals surface area contributed by atoms with Crippen molar-refractivity contribution >= 4 is 5.97 Å². The van der Waals surface area contributed by atoms with Gasteiger partial charge in [-0.2, -0.15) is 0 Å². The zero-order valence-corrected chi connectivity index (χ0v) is 15.3. The number of ether oxygens (including phenoxy) is 1. The highest BCUT2D eigenvalue weighted by Crippen LogP contribution is 2.14. The van der Waals surface area contributed by atoms with Crippen LogP contribution in [0.15, 0.2) is 0 Å². The molecule has 0 aromatic carbocycles. The molecule has 0 unspecified atom stereocenters. The summed E-state index contributed by atoms with van der Waals surface area (Å²) in [6.07, 6.45) is 13.7. The number of unbranched alkanes of at least 4 members (excludes halogenated alkanes) is 10. The Morgan fingerprint density at radius 1 is 0.826 bits per heavy atom. The van der Waals surface area contributed by atoms with Gasteiger partial charge >= 0.3 is 5.97 Å². The van der Waals surface area contributed by atoms with Crippen LogP contribution in [0, 0.1) is 0 Å². The Kier molecular flexibility index (Phi) is 15.8. The Balaban J connectivity index is 3.32. The van der Waals surface area contributed by atoms with Crippen molar-refractivity contribution in [1.29, 1.82) is 0 Å². The number of methoxy groups -OCH3 is 1. The van der Waals surface area contributed by atoms with Gasteiger partial charge in [-0.05, 0) is 12.8 Å². The minimum atomic E-state index is -0.801. The summed E-state index contributed by atoms with van der Waals surface area (Å²) in [5.41, 5.74) is 0. The van der Waals surface area contributed by atoms with Gasteiger partial charge in [-0.15, -0.1) is 0 Å². The van der Waals surface area contributed by atoms with Crippen molar-refractivity contribution in [3.8, 4) is 0 Å². The third-order valence-electron chi connectivity index (χ3n) is 4.32. The molecular weight excluding hydrogens is 292 g/mol. The summed E-state index contributed by atoms with van der Waals surface area (Å²) in [7, 11) is 1.30. The fraction of sp³-hybridized carbons (Fsp3) is 0.947. The van der Waals surface area contributed by atoms with Gasteiger partial charge in [0, 0.05) is 0 Å². The van der Waals surface area contributed by atoms with E-state index in [0.717, 1.165) is 12.8 Å². The molecule has 0 saturated heterocycles. The Morgan fingerprint density at radius 2 is 1.30 bits per heavy atom. The van der Waals surface area contributed by atoms with Crippen molar-refractivity contribution in [2.45, 2.75) is 109 Å². The lowest BCUT2D eigenvalue weighted by atomic mass is 10.0. The third-order valence-corrected chi connectivity index (χ3v) is 4.32. The number of aliphatic hydroxyl groups excluding tert-OH is 2. The molecule has 2 atom stereocenters. The molecule has 0 radical (unpaired) electrons. The second-order valence-corrected chi connectivity index (χ2v) is 6.65. The number of carbonyl (C=O) groups is 1. The molecule has 0 fully saturated rings. The largest absolute Gasteiger partial charge is 0.469 e. The third kappa shape index (κ3) is 16.0. The highest BCUT2D eigenvalue weighted by atomic mass is 16.5. The Morgan fingerprint density at radius 3 is 1.78 bits per heavy atom. The average Bonchev–Trinajstić information content (AvgIpc) is 2.52. The zero-order valence-electron chi connectivity index (χ0n) is 15.3. The monoisotopic (exact) mass is 330 g/mol. The van der Waals surface area contributed by atoms with Crippen LogP contribution in [-0.2, 0) is 9.53 Å². The topological polar surface area (TPSA) is 66.8 Å². The van der Waals surface area contributed by atoms with Gasteiger partial charge in [-0.1, -0.05) is 77.6 Å². The number of aliphatic hydroxyl groups is 2. The smallest absolute Gasteiger partial charge is 0.308 e. The molecule has 2 N–H and O–H groups in total. The van der Waals surface area contributed by atoms with Crippen LogP contribution in [-0.4, -0.2) is 35.5 Å². The maximum atomic E-state index is 11.0. The maximum absolute atomic E-state index is 11.0. The van der Waals surface area contributed by atoms with Gasteiger partial charge in [0.25, 0.3) is 0 Å². The molecule has 0 bridgehead atoms. The van der Waals surface area contributed by atoms with E-state index in [-0.39, 0.29) is 12.8 Å². The van der Waals surface area contributed by atoms with E-state index in [1.807, 2.05) is 0 Å². The fourth-order valence-corrected chi connectivity index (χ4v) is 2.84. The first-order chi connectivity index (χ1) is 11.1. The molecule has 0 aromatic heterocycles. The average molecular weight is 331 g/mol. The lowest BCUT2D eigenvalue weighted by Crippen LogP contribution is -2.21. The van der Waals surface area contributed by atoms with Crippen LogP contribution in [0.3, 0.4) is 0 Å². The minimum Gasteiger partial charge on any atom is -0.469 e. The quantitative estimate of drug-likeness (QED) is 0.326. The first-order valence-electron chi connectivity index (χ1n) is 9.53. The molecule has 0 aliphatic heterocycles. The lowest BCUT2D eigenvalue weighted by Gasteiger charge is -2.14. The number of rotatable bonds is 16. The molecule has 138 valence electrons. The molecule has 0 aromatic rings. The molecule has 4 heteroatoms.